The van der Waals surface area contributed by atoms with Crippen LogP contribution in [0.25, 0.3) is 0 Å². The van der Waals surface area contributed by atoms with E-state index >= 15 is 0 Å². The average molecular weight is 197 g/mol. The summed E-state index contributed by atoms with van der Waals surface area (Å²) in [5.41, 5.74) is 0. The Bertz CT molecular complexity index is 126. The number of hydrogen-bond donors (Lipinski definition) is 0. The normalized spacial score (nSPS) is 14.0. The van der Waals surface area contributed by atoms with Crippen LogP contribution in [0.1, 0.15) is 0 Å². The van der Waals surface area contributed by atoms with E-state index in [9.17, 15) is 13.3 Å². The van der Waals surface area contributed by atoms with Crippen molar-refractivity contribution in [2.75, 3.05) is 0 Å². The predicted octanol–water partition coefficient (Wildman–Crippen LogP) is 1.84. The fourth-order valence-corrected chi connectivity index (χ4v) is 0. The molecule has 0 amide bonds. The van der Waals surface area contributed by atoms with Crippen LogP contribution in [0.3, 0.4) is 0 Å². The molecule has 0 unspecified atom stereocenters. The molecule has 0 aliphatic heterocycles. The summed E-state index contributed by atoms with van der Waals surface area (Å²) < 4.78 is 30.2. The number of alkyl halides is 2. The summed E-state index contributed by atoms with van der Waals surface area (Å²) in [6.07, 6.45) is 0. The molecular formula is CH2AlCl2F2OP. The van der Waals surface area contributed by atoms with E-state index < -0.39 is 26.7 Å². The molecule has 1 nitrogen and oxygen atoms in total. The van der Waals surface area contributed by atoms with E-state index in [0.29, 0.717) is 0 Å². The molecule has 0 saturated heterocycles. The zero-order valence-corrected chi connectivity index (χ0v) is 8.27. The highest BCUT2D eigenvalue weighted by Crippen LogP contribution is 2.67. The Balaban J connectivity index is 4.26. The largest absolute Gasteiger partial charge is 0.343 e. The van der Waals surface area contributed by atoms with Crippen LogP contribution < -0.4 is 0 Å². The van der Waals surface area contributed by atoms with Crippen LogP contribution in [0.5, 0.6) is 0 Å². The Morgan fingerprint density at radius 3 is 1.62 bits per heavy atom. The highest BCUT2D eigenvalue weighted by molar-refractivity contribution is 8.10. The molecule has 0 aromatic carbocycles. The first-order valence-corrected chi connectivity index (χ1v) is 6.14. The van der Waals surface area contributed by atoms with Crippen LogP contribution in [0, 0.1) is 0 Å². The van der Waals surface area contributed by atoms with Gasteiger partial charge < -0.3 is 0 Å². The topological polar surface area (TPSA) is 17.1 Å². The van der Waals surface area contributed by atoms with Gasteiger partial charge in [0, 0.05) is 0 Å². The lowest BCUT2D eigenvalue weighted by molar-refractivity contribution is 0.190. The highest BCUT2D eigenvalue weighted by Gasteiger charge is 2.41. The minimum Gasteiger partial charge on any atom is -0.284 e. The van der Waals surface area contributed by atoms with E-state index in [4.69, 9.17) is 0 Å². The maximum atomic E-state index is 11.8. The van der Waals surface area contributed by atoms with E-state index in [0.717, 1.165) is 0 Å². The molecule has 0 bridgehead atoms. The smallest absolute Gasteiger partial charge is 0.284 e. The SMILES string of the molecule is O=P(Cl)(Cl)[C](F)(F)[AlH2]. The van der Waals surface area contributed by atoms with Crippen molar-refractivity contribution < 1.29 is 13.3 Å². The molecule has 0 saturated carbocycles. The van der Waals surface area contributed by atoms with Crippen molar-refractivity contribution in [2.24, 2.45) is 0 Å². The summed E-state index contributed by atoms with van der Waals surface area (Å²) >= 11 is 8.66. The quantitative estimate of drug-likeness (QED) is 0.462. The second-order valence-electron chi connectivity index (χ2n) is 1.30. The van der Waals surface area contributed by atoms with Gasteiger partial charge in [0.05, 0.1) is 0 Å². The molecule has 0 aromatic rings. The maximum Gasteiger partial charge on any atom is 0.343 e. The Morgan fingerprint density at radius 2 is 1.62 bits per heavy atom. The molecule has 8 heavy (non-hydrogen) atoms. The van der Waals surface area contributed by atoms with Crippen LogP contribution >= 0.6 is 28.3 Å². The molecule has 48 valence electrons. The third-order valence-electron chi connectivity index (χ3n) is 0.457. The monoisotopic (exact) mass is 196 g/mol. The molecule has 0 aliphatic rings. The van der Waals surface area contributed by atoms with Gasteiger partial charge in [0.1, 0.15) is 0 Å². The molecular weight excluding hydrogens is 195 g/mol. The van der Waals surface area contributed by atoms with Crippen LogP contribution in [-0.2, 0) is 4.57 Å². The molecule has 0 fully saturated rings. The van der Waals surface area contributed by atoms with Gasteiger partial charge in [0.2, 0.25) is 4.53 Å². The number of rotatable bonds is 1. The van der Waals surface area contributed by atoms with Gasteiger partial charge >= 0.3 is 22.1 Å². The summed E-state index contributed by atoms with van der Waals surface area (Å²) in [6.45, 7) is 0. The summed E-state index contributed by atoms with van der Waals surface area (Å²) in [5.74, 6) is -4.18. The molecule has 7 heteroatoms. The van der Waals surface area contributed by atoms with Gasteiger partial charge in [-0.1, -0.05) is 0 Å². The van der Waals surface area contributed by atoms with Crippen LogP contribution in [0.4, 0.5) is 8.78 Å². The molecule has 0 N–H and O–H groups in total. The molecule has 0 aromatic heterocycles. The van der Waals surface area contributed by atoms with Gasteiger partial charge in [-0.15, -0.1) is 0 Å². The molecule has 0 radical (unpaired) electrons. The van der Waals surface area contributed by atoms with Gasteiger partial charge in [0.25, 0.3) is 0 Å². The summed E-state index contributed by atoms with van der Waals surface area (Å²) in [6, 6.07) is 0. The minimum absolute atomic E-state index is 0.573. The highest BCUT2D eigenvalue weighted by atomic mass is 35.9. The first-order chi connectivity index (χ1) is 3.25. The first kappa shape index (κ1) is 9.20. The second-order valence-corrected chi connectivity index (χ2v) is 8.49. The molecule has 0 rings (SSSR count). The van der Waals surface area contributed by atoms with Crippen LogP contribution in [0.15, 0.2) is 0 Å². The Labute approximate surface area is 62.7 Å². The van der Waals surface area contributed by atoms with Crippen molar-refractivity contribution in [1.82, 2.24) is 0 Å². The lowest BCUT2D eigenvalue weighted by atomic mass is 11.6. The Kier molecular flexibility index (Phi) is 2.81. The average Bonchev–Trinajstić information content (AvgIpc) is 1.25. The van der Waals surface area contributed by atoms with Gasteiger partial charge in [-0.05, 0) is 22.5 Å². The van der Waals surface area contributed by atoms with Crippen molar-refractivity contribution in [3.05, 3.63) is 0 Å². The summed E-state index contributed by atoms with van der Waals surface area (Å²) in [4.78, 5) is 0. The third-order valence-corrected chi connectivity index (χ3v) is 6.74. The van der Waals surface area contributed by atoms with Crippen molar-refractivity contribution in [2.45, 2.75) is 4.53 Å². The van der Waals surface area contributed by atoms with E-state index in [1.54, 1.807) is 0 Å². The van der Waals surface area contributed by atoms with E-state index in [2.05, 4.69) is 22.5 Å². The zero-order chi connectivity index (χ0) is 7.00. The number of halogens is 4. The second kappa shape index (κ2) is 2.44. The van der Waals surface area contributed by atoms with Crippen LogP contribution in [-0.4, -0.2) is 20.8 Å². The van der Waals surface area contributed by atoms with Gasteiger partial charge in [0.15, 0.2) is 0 Å². The van der Waals surface area contributed by atoms with Crippen molar-refractivity contribution >= 4 is 44.6 Å². The predicted molar refractivity (Wildman–Crippen MR) is 32.8 cm³/mol. The molecule has 0 aliphatic carbocycles. The molecule has 0 atom stereocenters. The maximum absolute atomic E-state index is 11.8. The lowest BCUT2D eigenvalue weighted by Gasteiger charge is -2.10. The van der Waals surface area contributed by atoms with Crippen molar-refractivity contribution in [3.63, 3.8) is 0 Å². The summed E-state index contributed by atoms with van der Waals surface area (Å²) in [7, 11) is 0. The third kappa shape index (κ3) is 2.66. The zero-order valence-electron chi connectivity index (χ0n) is 3.87. The standard InChI is InChI=1S/CCl2F2OP.Al.2H/c2-7(3,6)1(4)5;;;. The fraction of sp³-hybridized carbons (Fsp3) is 1.00. The van der Waals surface area contributed by atoms with Crippen molar-refractivity contribution in [1.29, 1.82) is 0 Å². The molecule has 0 spiro atoms. The minimum atomic E-state index is -4.18. The first-order valence-electron chi connectivity index (χ1n) is 1.62. The Morgan fingerprint density at radius 1 is 1.50 bits per heavy atom. The Hall–Kier alpha value is 1.20. The van der Waals surface area contributed by atoms with E-state index in [1.807, 2.05) is 0 Å². The number of hydrogen-bond acceptors (Lipinski definition) is 1. The fourth-order valence-electron chi connectivity index (χ4n) is 0. The van der Waals surface area contributed by atoms with Crippen LogP contribution in [0.2, 0.25) is 0 Å². The van der Waals surface area contributed by atoms with Gasteiger partial charge in [-0.25, -0.2) is 8.78 Å². The van der Waals surface area contributed by atoms with E-state index in [1.165, 1.54) is 0 Å². The summed E-state index contributed by atoms with van der Waals surface area (Å²) in [5, 5.41) is 0. The van der Waals surface area contributed by atoms with Gasteiger partial charge in [-0.3, -0.25) is 4.57 Å². The molecule has 0 heterocycles. The van der Waals surface area contributed by atoms with Crippen molar-refractivity contribution in [3.8, 4) is 0 Å². The van der Waals surface area contributed by atoms with E-state index in [-0.39, 0.29) is 0 Å². The lowest BCUT2D eigenvalue weighted by Crippen LogP contribution is -2.09. The van der Waals surface area contributed by atoms with Gasteiger partial charge in [-0.2, -0.15) is 0 Å².